The number of rotatable bonds is 4. The van der Waals surface area contributed by atoms with E-state index in [2.05, 4.69) is 17.2 Å². The van der Waals surface area contributed by atoms with Gasteiger partial charge in [-0.25, -0.2) is 0 Å². The maximum atomic E-state index is 12.9. The molecular formula is C15H22N2O. The SMILES string of the molecule is CCCC1(C(=O)c2cnccc2C)CCNCC1. The van der Waals surface area contributed by atoms with E-state index >= 15 is 0 Å². The lowest BCUT2D eigenvalue weighted by atomic mass is 9.70. The topological polar surface area (TPSA) is 42.0 Å². The van der Waals surface area contributed by atoms with Gasteiger partial charge in [-0.2, -0.15) is 0 Å². The molecule has 1 aromatic rings. The van der Waals surface area contributed by atoms with Crippen LogP contribution in [0.25, 0.3) is 0 Å². The molecule has 0 spiro atoms. The Hall–Kier alpha value is -1.22. The zero-order valence-corrected chi connectivity index (χ0v) is 11.3. The van der Waals surface area contributed by atoms with Crippen LogP contribution in [-0.2, 0) is 0 Å². The Bertz CT molecular complexity index is 417. The minimum absolute atomic E-state index is 0.159. The lowest BCUT2D eigenvalue weighted by Gasteiger charge is -2.36. The van der Waals surface area contributed by atoms with Gasteiger partial charge in [-0.3, -0.25) is 9.78 Å². The fourth-order valence-corrected chi connectivity index (χ4v) is 2.96. The van der Waals surface area contributed by atoms with Crippen molar-refractivity contribution < 1.29 is 4.79 Å². The van der Waals surface area contributed by atoms with Gasteiger partial charge in [0.2, 0.25) is 0 Å². The van der Waals surface area contributed by atoms with E-state index in [0.717, 1.165) is 49.9 Å². The number of pyridine rings is 1. The highest BCUT2D eigenvalue weighted by molar-refractivity contribution is 6.01. The molecule has 0 bridgehead atoms. The monoisotopic (exact) mass is 246 g/mol. The molecule has 2 heterocycles. The second kappa shape index (κ2) is 5.61. The molecule has 0 amide bonds. The molecular weight excluding hydrogens is 224 g/mol. The Morgan fingerprint density at radius 3 is 2.78 bits per heavy atom. The quantitative estimate of drug-likeness (QED) is 0.831. The summed E-state index contributed by atoms with van der Waals surface area (Å²) in [5, 5.41) is 3.35. The molecule has 0 aromatic carbocycles. The number of Topliss-reactive ketones (excluding diaryl/α,β-unsaturated/α-hetero) is 1. The molecule has 1 aliphatic heterocycles. The van der Waals surface area contributed by atoms with Crippen LogP contribution in [0.4, 0.5) is 0 Å². The summed E-state index contributed by atoms with van der Waals surface area (Å²) in [6.07, 6.45) is 7.44. The summed E-state index contributed by atoms with van der Waals surface area (Å²) in [4.78, 5) is 17.0. The number of ketones is 1. The van der Waals surface area contributed by atoms with Crippen LogP contribution in [0.2, 0.25) is 0 Å². The van der Waals surface area contributed by atoms with Gasteiger partial charge in [-0.1, -0.05) is 13.3 Å². The van der Waals surface area contributed by atoms with Crippen molar-refractivity contribution >= 4 is 5.78 Å². The van der Waals surface area contributed by atoms with E-state index in [-0.39, 0.29) is 5.41 Å². The van der Waals surface area contributed by atoms with Crippen molar-refractivity contribution in [3.63, 3.8) is 0 Å². The number of piperidine rings is 1. The Kier molecular flexibility index (Phi) is 4.12. The van der Waals surface area contributed by atoms with Crippen LogP contribution in [0, 0.1) is 12.3 Å². The summed E-state index contributed by atoms with van der Waals surface area (Å²) >= 11 is 0. The van der Waals surface area contributed by atoms with E-state index in [0.29, 0.717) is 5.78 Å². The number of nitrogens with one attached hydrogen (secondary N) is 1. The van der Waals surface area contributed by atoms with Gasteiger partial charge in [0.1, 0.15) is 0 Å². The maximum Gasteiger partial charge on any atom is 0.170 e. The van der Waals surface area contributed by atoms with Gasteiger partial charge in [0.25, 0.3) is 0 Å². The van der Waals surface area contributed by atoms with Gasteiger partial charge in [0.15, 0.2) is 5.78 Å². The van der Waals surface area contributed by atoms with Crippen molar-refractivity contribution in [3.05, 3.63) is 29.6 Å². The number of aryl methyl sites for hydroxylation is 1. The molecule has 0 unspecified atom stereocenters. The molecule has 1 aliphatic rings. The van der Waals surface area contributed by atoms with Gasteiger partial charge in [-0.05, 0) is 50.9 Å². The smallest absolute Gasteiger partial charge is 0.170 e. The first kappa shape index (κ1) is 13.2. The minimum atomic E-state index is -0.159. The third-order valence-electron chi connectivity index (χ3n) is 4.05. The van der Waals surface area contributed by atoms with E-state index in [1.54, 1.807) is 12.4 Å². The van der Waals surface area contributed by atoms with Crippen molar-refractivity contribution in [2.24, 2.45) is 5.41 Å². The van der Waals surface area contributed by atoms with Crippen LogP contribution in [0.15, 0.2) is 18.5 Å². The molecule has 0 atom stereocenters. The number of carbonyl (C=O) groups excluding carboxylic acids is 1. The van der Waals surface area contributed by atoms with Crippen LogP contribution in [0.5, 0.6) is 0 Å². The van der Waals surface area contributed by atoms with E-state index in [1.807, 2.05) is 13.0 Å². The molecule has 0 saturated carbocycles. The number of nitrogens with zero attached hydrogens (tertiary/aromatic N) is 1. The maximum absolute atomic E-state index is 12.9. The van der Waals surface area contributed by atoms with Gasteiger partial charge in [0, 0.05) is 23.4 Å². The molecule has 0 aliphatic carbocycles. The Balaban J connectivity index is 2.31. The van der Waals surface area contributed by atoms with Crippen molar-refractivity contribution in [1.29, 1.82) is 0 Å². The Morgan fingerprint density at radius 1 is 1.44 bits per heavy atom. The zero-order chi connectivity index (χ0) is 13.0. The van der Waals surface area contributed by atoms with Gasteiger partial charge in [0.05, 0.1) is 0 Å². The fourth-order valence-electron chi connectivity index (χ4n) is 2.96. The molecule has 98 valence electrons. The third kappa shape index (κ3) is 2.46. The third-order valence-corrected chi connectivity index (χ3v) is 4.05. The fraction of sp³-hybridized carbons (Fsp3) is 0.600. The molecule has 3 nitrogen and oxygen atoms in total. The largest absolute Gasteiger partial charge is 0.317 e. The summed E-state index contributed by atoms with van der Waals surface area (Å²) in [5.41, 5.74) is 1.70. The Labute approximate surface area is 109 Å². The molecule has 1 fully saturated rings. The average molecular weight is 246 g/mol. The first-order valence-corrected chi connectivity index (χ1v) is 6.86. The predicted octanol–water partition coefficient (Wildman–Crippen LogP) is 2.74. The van der Waals surface area contributed by atoms with Gasteiger partial charge < -0.3 is 5.32 Å². The minimum Gasteiger partial charge on any atom is -0.317 e. The number of hydrogen-bond acceptors (Lipinski definition) is 3. The molecule has 0 radical (unpaired) electrons. The lowest BCUT2D eigenvalue weighted by molar-refractivity contribution is 0.0703. The second-order valence-corrected chi connectivity index (χ2v) is 5.30. The van der Waals surface area contributed by atoms with Crippen LogP contribution >= 0.6 is 0 Å². The molecule has 3 heteroatoms. The van der Waals surface area contributed by atoms with E-state index < -0.39 is 0 Å². The van der Waals surface area contributed by atoms with Crippen molar-refractivity contribution in [3.8, 4) is 0 Å². The van der Waals surface area contributed by atoms with E-state index in [1.165, 1.54) is 0 Å². The zero-order valence-electron chi connectivity index (χ0n) is 11.3. The van der Waals surface area contributed by atoms with Gasteiger partial charge in [-0.15, -0.1) is 0 Å². The number of carbonyl (C=O) groups is 1. The summed E-state index contributed by atoms with van der Waals surface area (Å²) in [6.45, 7) is 6.05. The van der Waals surface area contributed by atoms with Crippen LogP contribution < -0.4 is 5.32 Å². The molecule has 2 rings (SSSR count). The van der Waals surface area contributed by atoms with Crippen LogP contribution in [0.1, 0.15) is 48.5 Å². The summed E-state index contributed by atoms with van der Waals surface area (Å²) in [5.74, 6) is 0.302. The highest BCUT2D eigenvalue weighted by Crippen LogP contribution is 2.37. The van der Waals surface area contributed by atoms with Crippen molar-refractivity contribution in [1.82, 2.24) is 10.3 Å². The molecule has 1 aromatic heterocycles. The van der Waals surface area contributed by atoms with E-state index in [4.69, 9.17) is 0 Å². The van der Waals surface area contributed by atoms with Crippen LogP contribution in [0.3, 0.4) is 0 Å². The lowest BCUT2D eigenvalue weighted by Crippen LogP contribution is -2.42. The second-order valence-electron chi connectivity index (χ2n) is 5.30. The normalized spacial score (nSPS) is 18.6. The Morgan fingerprint density at radius 2 is 2.17 bits per heavy atom. The molecule has 1 saturated heterocycles. The molecule has 18 heavy (non-hydrogen) atoms. The summed E-state index contributed by atoms with van der Waals surface area (Å²) in [6, 6.07) is 1.92. The molecule has 1 N–H and O–H groups in total. The highest BCUT2D eigenvalue weighted by Gasteiger charge is 2.39. The summed E-state index contributed by atoms with van der Waals surface area (Å²) in [7, 11) is 0. The van der Waals surface area contributed by atoms with Crippen molar-refractivity contribution in [2.45, 2.75) is 39.5 Å². The number of hydrogen-bond donors (Lipinski definition) is 1. The summed E-state index contributed by atoms with van der Waals surface area (Å²) < 4.78 is 0. The average Bonchev–Trinajstić information content (AvgIpc) is 2.40. The number of aromatic nitrogens is 1. The van der Waals surface area contributed by atoms with Crippen molar-refractivity contribution in [2.75, 3.05) is 13.1 Å². The first-order valence-electron chi connectivity index (χ1n) is 6.86. The highest BCUT2D eigenvalue weighted by atomic mass is 16.1. The first-order chi connectivity index (χ1) is 8.69. The predicted molar refractivity (Wildman–Crippen MR) is 72.7 cm³/mol. The standard InChI is InChI=1S/C15H22N2O/c1-3-5-15(6-9-16-10-7-15)14(18)13-11-17-8-4-12(13)2/h4,8,11,16H,3,5-7,9-10H2,1-2H3. The van der Waals surface area contributed by atoms with Gasteiger partial charge >= 0.3 is 0 Å². The van der Waals surface area contributed by atoms with Crippen LogP contribution in [-0.4, -0.2) is 23.9 Å². The van der Waals surface area contributed by atoms with E-state index in [9.17, 15) is 4.79 Å².